The Balaban J connectivity index is 1.83. The van der Waals surface area contributed by atoms with E-state index in [1.54, 1.807) is 18.3 Å². The van der Waals surface area contributed by atoms with Crippen LogP contribution >= 0.6 is 0 Å². The molecular weight excluding hydrogens is 352 g/mol. The Kier molecular flexibility index (Phi) is 5.49. The zero-order chi connectivity index (χ0) is 19.4. The van der Waals surface area contributed by atoms with Crippen LogP contribution in [-0.4, -0.2) is 22.7 Å². The van der Waals surface area contributed by atoms with Crippen LogP contribution in [0.5, 0.6) is 5.75 Å². The van der Waals surface area contributed by atoms with Crippen molar-refractivity contribution < 1.29 is 18.3 Å². The van der Waals surface area contributed by atoms with Crippen LogP contribution in [0.25, 0.3) is 11.1 Å². The number of rotatable bonds is 6. The number of halogens is 2. The molecule has 0 saturated carbocycles. The van der Waals surface area contributed by atoms with E-state index in [-0.39, 0.29) is 23.3 Å². The quantitative estimate of drug-likeness (QED) is 0.671. The number of nitrogens with zero attached hydrogens (tertiary/aromatic N) is 1. The first-order valence-electron chi connectivity index (χ1n) is 8.39. The molecule has 0 unspecified atom stereocenters. The van der Waals surface area contributed by atoms with Gasteiger partial charge in [0.05, 0.1) is 12.2 Å². The average molecular weight is 371 g/mol. The third kappa shape index (κ3) is 4.49. The average Bonchev–Trinajstić information content (AvgIpc) is 3.16. The van der Waals surface area contributed by atoms with Gasteiger partial charge < -0.3 is 10.1 Å². The van der Waals surface area contributed by atoms with Crippen molar-refractivity contribution in [2.45, 2.75) is 26.5 Å². The van der Waals surface area contributed by atoms with Gasteiger partial charge in [0.2, 0.25) is 0 Å². The van der Waals surface area contributed by atoms with Crippen LogP contribution in [0.3, 0.4) is 0 Å². The Morgan fingerprint density at radius 2 is 1.93 bits per heavy atom. The van der Waals surface area contributed by atoms with Crippen molar-refractivity contribution in [1.82, 2.24) is 15.5 Å². The number of aromatic amines is 1. The number of hydrogen-bond donors (Lipinski definition) is 2. The summed E-state index contributed by atoms with van der Waals surface area (Å²) in [6.45, 7) is 0.846. The Morgan fingerprint density at radius 3 is 2.56 bits per heavy atom. The summed E-state index contributed by atoms with van der Waals surface area (Å²) in [7, 11) is 0. The Labute approximate surface area is 155 Å². The maximum absolute atomic E-state index is 12.8. The van der Waals surface area contributed by atoms with Crippen molar-refractivity contribution >= 4 is 5.91 Å². The monoisotopic (exact) mass is 371 g/mol. The number of aromatic nitrogens is 2. The smallest absolute Gasteiger partial charge is 0.387 e. The second kappa shape index (κ2) is 7.99. The minimum absolute atomic E-state index is 0.0814. The highest BCUT2D eigenvalue weighted by Crippen LogP contribution is 2.31. The molecule has 3 rings (SSSR count). The molecule has 1 aromatic heterocycles. The normalized spacial score (nSPS) is 12.0. The van der Waals surface area contributed by atoms with Gasteiger partial charge >= 0.3 is 6.61 Å². The van der Waals surface area contributed by atoms with E-state index < -0.39 is 6.61 Å². The summed E-state index contributed by atoms with van der Waals surface area (Å²) in [6.07, 6.45) is 3.06. The lowest BCUT2D eigenvalue weighted by atomic mass is 10.0. The second-order valence-corrected chi connectivity index (χ2v) is 6.18. The molecule has 7 heteroatoms. The largest absolute Gasteiger partial charge is 0.434 e. The van der Waals surface area contributed by atoms with Gasteiger partial charge in [-0.1, -0.05) is 29.8 Å². The van der Waals surface area contributed by atoms with E-state index in [1.807, 2.05) is 38.1 Å². The number of amides is 1. The number of benzene rings is 2. The zero-order valence-corrected chi connectivity index (χ0v) is 14.9. The minimum atomic E-state index is -3.00. The highest BCUT2D eigenvalue weighted by molar-refractivity contribution is 5.95. The van der Waals surface area contributed by atoms with Crippen LogP contribution < -0.4 is 10.1 Å². The zero-order valence-electron chi connectivity index (χ0n) is 14.9. The number of carbonyl (C=O) groups is 1. The molecule has 0 aliphatic rings. The van der Waals surface area contributed by atoms with Crippen molar-refractivity contribution in [3.63, 3.8) is 0 Å². The molecule has 0 fully saturated rings. The first kappa shape index (κ1) is 18.6. The molecule has 140 valence electrons. The number of alkyl halides is 2. The fourth-order valence-electron chi connectivity index (χ4n) is 2.71. The molecule has 0 aliphatic carbocycles. The molecule has 0 bridgehead atoms. The number of H-pyrrole nitrogens is 1. The maximum Gasteiger partial charge on any atom is 0.387 e. The summed E-state index contributed by atoms with van der Waals surface area (Å²) in [5.74, 6) is -0.456. The van der Waals surface area contributed by atoms with Gasteiger partial charge in [-0.2, -0.15) is 13.9 Å². The second-order valence-electron chi connectivity index (χ2n) is 6.18. The van der Waals surface area contributed by atoms with Gasteiger partial charge in [0, 0.05) is 22.9 Å². The van der Waals surface area contributed by atoms with E-state index in [1.165, 1.54) is 12.3 Å². The summed E-state index contributed by atoms with van der Waals surface area (Å²) in [6, 6.07) is 12.0. The van der Waals surface area contributed by atoms with Crippen molar-refractivity contribution in [3.8, 4) is 16.9 Å². The lowest BCUT2D eigenvalue weighted by Crippen LogP contribution is -2.26. The standard InChI is InChI=1S/C20H19F2N3O2/c1-12-3-5-14(6-4-12)13(2)25-19(26)15-7-8-17(16-10-23-24-11-16)18(9-15)27-20(21)22/h3-11,13,20H,1-2H3,(H,23,24)(H,25,26)/t13-/m1/s1. The van der Waals surface area contributed by atoms with Crippen LogP contribution in [0.4, 0.5) is 8.78 Å². The van der Waals surface area contributed by atoms with E-state index in [4.69, 9.17) is 0 Å². The molecule has 3 aromatic rings. The fourth-order valence-corrected chi connectivity index (χ4v) is 2.71. The maximum atomic E-state index is 12.8. The van der Waals surface area contributed by atoms with Gasteiger partial charge in [-0.15, -0.1) is 0 Å². The van der Waals surface area contributed by atoms with Crippen LogP contribution in [-0.2, 0) is 0 Å². The number of carbonyl (C=O) groups excluding carboxylic acids is 1. The van der Waals surface area contributed by atoms with Gasteiger partial charge in [0.1, 0.15) is 5.75 Å². The number of aryl methyl sites for hydroxylation is 1. The van der Waals surface area contributed by atoms with E-state index in [0.29, 0.717) is 11.1 Å². The molecule has 1 heterocycles. The first-order chi connectivity index (χ1) is 12.9. The number of ether oxygens (including phenoxy) is 1. The van der Waals surface area contributed by atoms with E-state index in [0.717, 1.165) is 11.1 Å². The van der Waals surface area contributed by atoms with Crippen molar-refractivity contribution in [2.75, 3.05) is 0 Å². The SMILES string of the molecule is Cc1ccc([C@@H](C)NC(=O)c2ccc(-c3cn[nH]c3)c(OC(F)F)c2)cc1. The summed E-state index contributed by atoms with van der Waals surface area (Å²) in [5, 5.41) is 9.30. The van der Waals surface area contributed by atoms with E-state index in [2.05, 4.69) is 20.3 Å². The number of hydrogen-bond acceptors (Lipinski definition) is 3. The molecule has 1 atom stereocenters. The van der Waals surface area contributed by atoms with Gasteiger partial charge in [-0.3, -0.25) is 9.89 Å². The van der Waals surface area contributed by atoms with Gasteiger partial charge in [-0.05, 0) is 37.6 Å². The molecule has 0 aliphatic heterocycles. The van der Waals surface area contributed by atoms with Crippen molar-refractivity contribution in [1.29, 1.82) is 0 Å². The number of nitrogens with one attached hydrogen (secondary N) is 2. The Morgan fingerprint density at radius 1 is 1.19 bits per heavy atom. The molecule has 0 saturated heterocycles. The highest BCUT2D eigenvalue weighted by atomic mass is 19.3. The van der Waals surface area contributed by atoms with Crippen LogP contribution in [0.1, 0.15) is 34.5 Å². The molecule has 0 radical (unpaired) electrons. The third-order valence-corrected chi connectivity index (χ3v) is 4.19. The van der Waals surface area contributed by atoms with Gasteiger partial charge in [-0.25, -0.2) is 0 Å². The summed E-state index contributed by atoms with van der Waals surface area (Å²) in [5.41, 5.74) is 3.32. The molecule has 1 amide bonds. The molecular formula is C20H19F2N3O2. The van der Waals surface area contributed by atoms with Gasteiger partial charge in [0.25, 0.3) is 5.91 Å². The highest BCUT2D eigenvalue weighted by Gasteiger charge is 2.17. The molecule has 5 nitrogen and oxygen atoms in total. The van der Waals surface area contributed by atoms with Crippen molar-refractivity contribution in [2.24, 2.45) is 0 Å². The molecule has 0 spiro atoms. The summed E-state index contributed by atoms with van der Waals surface area (Å²) < 4.78 is 30.2. The van der Waals surface area contributed by atoms with Crippen LogP contribution in [0.15, 0.2) is 54.9 Å². The first-order valence-corrected chi connectivity index (χ1v) is 8.39. The van der Waals surface area contributed by atoms with Crippen LogP contribution in [0, 0.1) is 6.92 Å². The van der Waals surface area contributed by atoms with E-state index in [9.17, 15) is 13.6 Å². The lowest BCUT2D eigenvalue weighted by molar-refractivity contribution is -0.0495. The molecule has 2 N–H and O–H groups in total. The molecule has 2 aromatic carbocycles. The van der Waals surface area contributed by atoms with E-state index >= 15 is 0 Å². The predicted octanol–water partition coefficient (Wildman–Crippen LogP) is 4.48. The Bertz CT molecular complexity index is 909. The lowest BCUT2D eigenvalue weighted by Gasteiger charge is -2.16. The predicted molar refractivity (Wildman–Crippen MR) is 97.7 cm³/mol. The molecule has 27 heavy (non-hydrogen) atoms. The summed E-state index contributed by atoms with van der Waals surface area (Å²) >= 11 is 0. The third-order valence-electron chi connectivity index (χ3n) is 4.19. The van der Waals surface area contributed by atoms with Crippen LogP contribution in [0.2, 0.25) is 0 Å². The Hall–Kier alpha value is -3.22. The minimum Gasteiger partial charge on any atom is -0.434 e. The van der Waals surface area contributed by atoms with Gasteiger partial charge in [0.15, 0.2) is 0 Å². The van der Waals surface area contributed by atoms with Crippen molar-refractivity contribution in [3.05, 3.63) is 71.5 Å². The fraction of sp³-hybridized carbons (Fsp3) is 0.200. The summed E-state index contributed by atoms with van der Waals surface area (Å²) in [4.78, 5) is 12.6. The topological polar surface area (TPSA) is 67.0 Å².